The normalized spacial score (nSPS) is 20.9. The van der Waals surface area contributed by atoms with Gasteiger partial charge in [0, 0.05) is 25.2 Å². The molecule has 124 valence electrons. The van der Waals surface area contributed by atoms with Crippen LogP contribution in [-0.2, 0) is 4.74 Å². The first-order valence-corrected chi connectivity index (χ1v) is 8.51. The average molecular weight is 298 g/mol. The maximum atomic E-state index is 12.2. The molecule has 0 saturated carbocycles. The quantitative estimate of drug-likeness (QED) is 0.811. The second-order valence-corrected chi connectivity index (χ2v) is 7.24. The molecule has 0 bridgehead atoms. The lowest BCUT2D eigenvalue weighted by Crippen LogP contribution is -2.46. The molecule has 0 aromatic rings. The van der Waals surface area contributed by atoms with E-state index in [0.29, 0.717) is 12.0 Å². The van der Waals surface area contributed by atoms with Crippen molar-refractivity contribution in [1.82, 2.24) is 10.2 Å². The summed E-state index contributed by atoms with van der Waals surface area (Å²) in [7, 11) is 0. The van der Waals surface area contributed by atoms with E-state index in [0.717, 1.165) is 25.9 Å². The first-order valence-electron chi connectivity index (χ1n) is 8.51. The van der Waals surface area contributed by atoms with Crippen LogP contribution in [0.4, 0.5) is 4.79 Å². The summed E-state index contributed by atoms with van der Waals surface area (Å²) in [5.74, 6) is 0.710. The molecule has 4 nitrogen and oxygen atoms in total. The van der Waals surface area contributed by atoms with Crippen molar-refractivity contribution in [3.63, 3.8) is 0 Å². The van der Waals surface area contributed by atoms with E-state index in [-0.39, 0.29) is 12.1 Å². The Morgan fingerprint density at radius 1 is 1.33 bits per heavy atom. The third kappa shape index (κ3) is 5.85. The topological polar surface area (TPSA) is 41.6 Å². The van der Waals surface area contributed by atoms with Crippen molar-refractivity contribution < 1.29 is 9.53 Å². The summed E-state index contributed by atoms with van der Waals surface area (Å²) >= 11 is 0. The summed E-state index contributed by atoms with van der Waals surface area (Å²) in [4.78, 5) is 14.1. The summed E-state index contributed by atoms with van der Waals surface area (Å²) in [5, 5.41) is 3.62. The van der Waals surface area contributed by atoms with E-state index in [1.807, 2.05) is 25.7 Å². The summed E-state index contributed by atoms with van der Waals surface area (Å²) in [6.45, 7) is 14.2. The van der Waals surface area contributed by atoms with Gasteiger partial charge in [-0.25, -0.2) is 4.79 Å². The van der Waals surface area contributed by atoms with Gasteiger partial charge in [0.1, 0.15) is 5.60 Å². The Morgan fingerprint density at radius 2 is 1.95 bits per heavy atom. The van der Waals surface area contributed by atoms with Gasteiger partial charge in [-0.15, -0.1) is 0 Å². The lowest BCUT2D eigenvalue weighted by Gasteiger charge is -2.30. The molecule has 1 rings (SSSR count). The zero-order valence-electron chi connectivity index (χ0n) is 14.7. The summed E-state index contributed by atoms with van der Waals surface area (Å²) in [5.41, 5.74) is -0.416. The number of nitrogens with zero attached hydrogens (tertiary/aromatic N) is 1. The first-order chi connectivity index (χ1) is 9.78. The molecule has 1 aliphatic rings. The van der Waals surface area contributed by atoms with Gasteiger partial charge in [0.05, 0.1) is 0 Å². The third-order valence-corrected chi connectivity index (χ3v) is 4.44. The molecule has 2 atom stereocenters. The molecule has 21 heavy (non-hydrogen) atoms. The summed E-state index contributed by atoms with van der Waals surface area (Å²) in [6.07, 6.45) is 4.38. The van der Waals surface area contributed by atoms with Gasteiger partial charge in [0.15, 0.2) is 0 Å². The van der Waals surface area contributed by atoms with Crippen molar-refractivity contribution >= 4 is 6.09 Å². The minimum absolute atomic E-state index is 0.165. The van der Waals surface area contributed by atoms with Crippen LogP contribution in [0.3, 0.4) is 0 Å². The number of carbonyl (C=O) groups excluding carboxylic acids is 1. The largest absolute Gasteiger partial charge is 0.444 e. The Kier molecular flexibility index (Phi) is 6.98. The van der Waals surface area contributed by atoms with Crippen molar-refractivity contribution in [3.05, 3.63) is 0 Å². The van der Waals surface area contributed by atoms with Crippen molar-refractivity contribution in [2.75, 3.05) is 13.1 Å². The number of hydrogen-bond acceptors (Lipinski definition) is 3. The van der Waals surface area contributed by atoms with Gasteiger partial charge < -0.3 is 15.0 Å². The van der Waals surface area contributed by atoms with Crippen molar-refractivity contribution in [2.45, 2.75) is 84.9 Å². The maximum absolute atomic E-state index is 12.2. The standard InChI is InChI=1S/C17H34N2O2/c1-7-14(8-2)13(3)18-12-15-10-9-11-19(15)16(20)21-17(4,5)6/h13-15,18H,7-12H2,1-6H3. The molecule has 1 N–H and O–H groups in total. The molecule has 1 saturated heterocycles. The summed E-state index contributed by atoms with van der Waals surface area (Å²) in [6, 6.07) is 0.776. The molecule has 0 aromatic carbocycles. The summed E-state index contributed by atoms with van der Waals surface area (Å²) < 4.78 is 5.51. The Labute approximate surface area is 130 Å². The SMILES string of the molecule is CCC(CC)C(C)NCC1CCCN1C(=O)OC(C)(C)C. The fourth-order valence-electron chi connectivity index (χ4n) is 3.09. The highest BCUT2D eigenvalue weighted by molar-refractivity contribution is 5.69. The van der Waals surface area contributed by atoms with Crippen LogP contribution in [0, 0.1) is 5.92 Å². The van der Waals surface area contributed by atoms with E-state index in [9.17, 15) is 4.79 Å². The van der Waals surface area contributed by atoms with E-state index < -0.39 is 5.60 Å². The highest BCUT2D eigenvalue weighted by atomic mass is 16.6. The molecule has 0 aliphatic carbocycles. The highest BCUT2D eigenvalue weighted by Crippen LogP contribution is 2.21. The molecule has 1 aliphatic heterocycles. The maximum Gasteiger partial charge on any atom is 0.410 e. The smallest absolute Gasteiger partial charge is 0.410 e. The first kappa shape index (κ1) is 18.3. The number of ether oxygens (including phenoxy) is 1. The number of nitrogens with one attached hydrogen (secondary N) is 1. The van der Waals surface area contributed by atoms with Crippen LogP contribution in [-0.4, -0.2) is 41.8 Å². The van der Waals surface area contributed by atoms with Crippen LogP contribution in [0.2, 0.25) is 0 Å². The number of rotatable bonds is 6. The molecule has 2 unspecified atom stereocenters. The minimum Gasteiger partial charge on any atom is -0.444 e. The Hall–Kier alpha value is -0.770. The van der Waals surface area contributed by atoms with Crippen LogP contribution in [0.15, 0.2) is 0 Å². The fourth-order valence-corrected chi connectivity index (χ4v) is 3.09. The number of amides is 1. The molecular formula is C17H34N2O2. The van der Waals surface area contributed by atoms with Crippen molar-refractivity contribution in [2.24, 2.45) is 5.92 Å². The van der Waals surface area contributed by atoms with Crippen LogP contribution in [0.1, 0.15) is 67.2 Å². The van der Waals surface area contributed by atoms with Gasteiger partial charge in [0.2, 0.25) is 0 Å². The lowest BCUT2D eigenvalue weighted by molar-refractivity contribution is 0.0223. The highest BCUT2D eigenvalue weighted by Gasteiger charge is 2.32. The Bertz CT molecular complexity index is 321. The second-order valence-electron chi connectivity index (χ2n) is 7.24. The second kappa shape index (κ2) is 8.02. The minimum atomic E-state index is -0.416. The number of hydrogen-bond donors (Lipinski definition) is 1. The third-order valence-electron chi connectivity index (χ3n) is 4.44. The van der Waals surface area contributed by atoms with Gasteiger partial charge in [-0.3, -0.25) is 0 Å². The van der Waals surface area contributed by atoms with E-state index in [4.69, 9.17) is 4.74 Å². The van der Waals surface area contributed by atoms with E-state index in [1.54, 1.807) is 0 Å². The molecule has 4 heteroatoms. The number of likely N-dealkylation sites (tertiary alicyclic amines) is 1. The van der Waals surface area contributed by atoms with E-state index in [1.165, 1.54) is 12.8 Å². The van der Waals surface area contributed by atoms with Crippen LogP contribution >= 0.6 is 0 Å². The molecule has 1 heterocycles. The zero-order valence-corrected chi connectivity index (χ0v) is 14.7. The van der Waals surface area contributed by atoms with Crippen molar-refractivity contribution in [3.8, 4) is 0 Å². The molecule has 1 fully saturated rings. The van der Waals surface area contributed by atoms with Crippen LogP contribution < -0.4 is 5.32 Å². The van der Waals surface area contributed by atoms with Gasteiger partial charge in [-0.05, 0) is 46.5 Å². The van der Waals surface area contributed by atoms with Crippen molar-refractivity contribution in [1.29, 1.82) is 0 Å². The van der Waals surface area contributed by atoms with Crippen LogP contribution in [0.5, 0.6) is 0 Å². The molecule has 0 spiro atoms. The van der Waals surface area contributed by atoms with Gasteiger partial charge >= 0.3 is 6.09 Å². The molecule has 0 aromatic heterocycles. The monoisotopic (exact) mass is 298 g/mol. The van der Waals surface area contributed by atoms with Gasteiger partial charge in [-0.2, -0.15) is 0 Å². The fraction of sp³-hybridized carbons (Fsp3) is 0.941. The predicted octanol–water partition coefficient (Wildman–Crippen LogP) is 3.80. The van der Waals surface area contributed by atoms with Crippen LogP contribution in [0.25, 0.3) is 0 Å². The Balaban J connectivity index is 2.48. The predicted molar refractivity (Wildman–Crippen MR) is 87.5 cm³/mol. The molecular weight excluding hydrogens is 264 g/mol. The van der Waals surface area contributed by atoms with E-state index >= 15 is 0 Å². The lowest BCUT2D eigenvalue weighted by atomic mass is 9.95. The molecule has 0 radical (unpaired) electrons. The van der Waals surface area contributed by atoms with E-state index in [2.05, 4.69) is 26.1 Å². The number of carbonyl (C=O) groups is 1. The van der Waals surface area contributed by atoms with Gasteiger partial charge in [0.25, 0.3) is 0 Å². The average Bonchev–Trinajstić information content (AvgIpc) is 2.84. The molecule has 1 amide bonds. The zero-order chi connectivity index (χ0) is 16.0. The Morgan fingerprint density at radius 3 is 2.48 bits per heavy atom. The van der Waals surface area contributed by atoms with Gasteiger partial charge in [-0.1, -0.05) is 26.7 Å².